The van der Waals surface area contributed by atoms with Crippen LogP contribution in [-0.4, -0.2) is 69.9 Å². The van der Waals surface area contributed by atoms with Gasteiger partial charge in [0.2, 0.25) is 5.91 Å². The number of ether oxygens (including phenoxy) is 2. The third-order valence-electron chi connectivity index (χ3n) is 7.15. The number of benzene rings is 2. The maximum absolute atomic E-state index is 12.9. The van der Waals surface area contributed by atoms with Gasteiger partial charge in [0.1, 0.15) is 6.04 Å². The van der Waals surface area contributed by atoms with Gasteiger partial charge in [0.15, 0.2) is 6.29 Å². The van der Waals surface area contributed by atoms with Crippen molar-refractivity contribution in [1.29, 1.82) is 0 Å². The standard InChI is InChI=1S/C28H33F3N2O6S/c1-17-23(16-40-14-13-34)38-26(39-24(17)19-6-4-18(15-35)5-7-19)20-8-10-21(11-9-20)32-25(36)22-3-2-12-33(22)27(37)28(29,30)31/h4-11,17,22-24,26,34-35H,2-3,12-16H2,1H3,(H,32,36). The highest BCUT2D eigenvalue weighted by atomic mass is 32.2. The van der Waals surface area contributed by atoms with Gasteiger partial charge in [0.05, 0.1) is 25.4 Å². The second kappa shape index (κ2) is 13.3. The summed E-state index contributed by atoms with van der Waals surface area (Å²) in [5.74, 6) is -1.46. The number of hydrogen-bond donors (Lipinski definition) is 3. The minimum atomic E-state index is -5.03. The van der Waals surface area contributed by atoms with Crippen LogP contribution in [0.15, 0.2) is 48.5 Å². The second-order valence-electron chi connectivity index (χ2n) is 9.89. The molecule has 0 radical (unpaired) electrons. The van der Waals surface area contributed by atoms with Crippen molar-refractivity contribution in [3.05, 3.63) is 65.2 Å². The molecule has 2 saturated heterocycles. The SMILES string of the molecule is CC1C(CSCCO)OC(c2ccc(NC(=O)C3CCCN3C(=O)C(F)(F)F)cc2)OC1c1ccc(CO)cc1. The summed E-state index contributed by atoms with van der Waals surface area (Å²) < 4.78 is 51.4. The summed E-state index contributed by atoms with van der Waals surface area (Å²) in [6, 6.07) is 13.0. The summed E-state index contributed by atoms with van der Waals surface area (Å²) >= 11 is 1.58. The van der Waals surface area contributed by atoms with Crippen LogP contribution < -0.4 is 5.32 Å². The smallest absolute Gasteiger partial charge is 0.396 e. The predicted octanol–water partition coefficient (Wildman–Crippen LogP) is 4.19. The molecule has 2 aromatic carbocycles. The fraction of sp³-hybridized carbons (Fsp3) is 0.500. The van der Waals surface area contributed by atoms with E-state index in [0.29, 0.717) is 34.1 Å². The minimum Gasteiger partial charge on any atom is -0.396 e. The molecular formula is C28H33F3N2O6S. The van der Waals surface area contributed by atoms with Gasteiger partial charge in [-0.3, -0.25) is 9.59 Å². The average molecular weight is 583 g/mol. The molecule has 0 saturated carbocycles. The van der Waals surface area contributed by atoms with Crippen LogP contribution in [0.1, 0.15) is 48.8 Å². The number of likely N-dealkylation sites (tertiary alicyclic amines) is 1. The number of aliphatic hydroxyl groups is 2. The van der Waals surface area contributed by atoms with Gasteiger partial charge in [-0.15, -0.1) is 0 Å². The third kappa shape index (κ3) is 7.16. The molecule has 2 aromatic rings. The quantitative estimate of drug-likeness (QED) is 0.381. The molecule has 2 fully saturated rings. The predicted molar refractivity (Wildman–Crippen MR) is 143 cm³/mol. The van der Waals surface area contributed by atoms with Gasteiger partial charge in [-0.1, -0.05) is 43.3 Å². The lowest BCUT2D eigenvalue weighted by molar-refractivity contribution is -0.268. The summed E-state index contributed by atoms with van der Waals surface area (Å²) in [5.41, 5.74) is 2.79. The van der Waals surface area contributed by atoms with E-state index >= 15 is 0 Å². The molecule has 2 amide bonds. The molecule has 12 heteroatoms. The molecule has 4 rings (SSSR count). The van der Waals surface area contributed by atoms with Gasteiger partial charge in [-0.2, -0.15) is 24.9 Å². The van der Waals surface area contributed by atoms with E-state index in [1.54, 1.807) is 36.0 Å². The molecule has 5 atom stereocenters. The van der Waals surface area contributed by atoms with Crippen molar-refractivity contribution in [3.63, 3.8) is 0 Å². The lowest BCUT2D eigenvalue weighted by atomic mass is 9.91. The fourth-order valence-electron chi connectivity index (χ4n) is 4.97. The topological polar surface area (TPSA) is 108 Å². The van der Waals surface area contributed by atoms with Gasteiger partial charge < -0.3 is 29.9 Å². The molecule has 0 aromatic heterocycles. The first kappa shape index (κ1) is 30.3. The number of aliphatic hydroxyl groups excluding tert-OH is 2. The highest BCUT2D eigenvalue weighted by Gasteiger charge is 2.47. The van der Waals surface area contributed by atoms with Crippen LogP contribution in [0.4, 0.5) is 18.9 Å². The zero-order valence-corrected chi connectivity index (χ0v) is 22.8. The molecule has 218 valence electrons. The van der Waals surface area contributed by atoms with Crippen LogP contribution in [0.5, 0.6) is 0 Å². The number of nitrogens with one attached hydrogen (secondary N) is 1. The summed E-state index contributed by atoms with van der Waals surface area (Å²) in [6.45, 7) is 1.92. The van der Waals surface area contributed by atoms with E-state index in [1.807, 2.05) is 31.2 Å². The molecule has 0 spiro atoms. The van der Waals surface area contributed by atoms with Gasteiger partial charge >= 0.3 is 12.1 Å². The molecule has 2 heterocycles. The summed E-state index contributed by atoms with van der Waals surface area (Å²) in [7, 11) is 0. The first-order valence-corrected chi connectivity index (χ1v) is 14.3. The van der Waals surface area contributed by atoms with Crippen molar-refractivity contribution >= 4 is 29.3 Å². The maximum atomic E-state index is 12.9. The molecule has 2 aliphatic heterocycles. The van der Waals surface area contributed by atoms with E-state index < -0.39 is 30.3 Å². The summed E-state index contributed by atoms with van der Waals surface area (Å²) in [6.07, 6.45) is -5.77. The number of thioether (sulfide) groups is 1. The molecule has 0 bridgehead atoms. The van der Waals surface area contributed by atoms with Crippen LogP contribution in [0.2, 0.25) is 0 Å². The molecule has 0 aliphatic carbocycles. The number of carbonyl (C=O) groups excluding carboxylic acids is 2. The van der Waals surface area contributed by atoms with E-state index in [2.05, 4.69) is 5.32 Å². The van der Waals surface area contributed by atoms with Crippen molar-refractivity contribution in [2.24, 2.45) is 5.92 Å². The molecule has 3 N–H and O–H groups in total. The van der Waals surface area contributed by atoms with E-state index in [0.717, 1.165) is 11.1 Å². The molecule has 2 aliphatic rings. The van der Waals surface area contributed by atoms with E-state index in [-0.39, 0.29) is 44.3 Å². The van der Waals surface area contributed by atoms with E-state index in [1.165, 1.54) is 0 Å². The van der Waals surface area contributed by atoms with Crippen molar-refractivity contribution in [1.82, 2.24) is 4.90 Å². The third-order valence-corrected chi connectivity index (χ3v) is 8.19. The Morgan fingerprint density at radius 1 is 1.05 bits per heavy atom. The lowest BCUT2D eigenvalue weighted by Crippen LogP contribution is -2.48. The van der Waals surface area contributed by atoms with Crippen molar-refractivity contribution in [3.8, 4) is 0 Å². The Morgan fingerprint density at radius 2 is 1.73 bits per heavy atom. The Labute approximate surface area is 234 Å². The highest BCUT2D eigenvalue weighted by Crippen LogP contribution is 2.42. The van der Waals surface area contributed by atoms with E-state index in [4.69, 9.17) is 9.47 Å². The Hall–Kier alpha value is -2.64. The zero-order valence-electron chi connectivity index (χ0n) is 22.0. The Balaban J connectivity index is 1.47. The zero-order chi connectivity index (χ0) is 28.9. The largest absolute Gasteiger partial charge is 0.471 e. The molecule has 8 nitrogen and oxygen atoms in total. The Bertz CT molecular complexity index is 1150. The van der Waals surface area contributed by atoms with E-state index in [9.17, 15) is 33.0 Å². The van der Waals surface area contributed by atoms with Gasteiger partial charge in [-0.25, -0.2) is 0 Å². The first-order chi connectivity index (χ1) is 19.1. The van der Waals surface area contributed by atoms with Crippen molar-refractivity contribution in [2.75, 3.05) is 30.0 Å². The number of halogens is 3. The van der Waals surface area contributed by atoms with Crippen LogP contribution in [0, 0.1) is 5.92 Å². The highest BCUT2D eigenvalue weighted by molar-refractivity contribution is 7.99. The van der Waals surface area contributed by atoms with Crippen LogP contribution in [-0.2, 0) is 25.7 Å². The van der Waals surface area contributed by atoms with Gasteiger partial charge in [0, 0.05) is 35.2 Å². The van der Waals surface area contributed by atoms with Crippen LogP contribution >= 0.6 is 11.8 Å². The van der Waals surface area contributed by atoms with Crippen molar-refractivity contribution in [2.45, 2.75) is 57.1 Å². The summed E-state index contributed by atoms with van der Waals surface area (Å²) in [4.78, 5) is 25.0. The van der Waals surface area contributed by atoms with Crippen LogP contribution in [0.3, 0.4) is 0 Å². The van der Waals surface area contributed by atoms with Gasteiger partial charge in [0.25, 0.3) is 0 Å². The number of amides is 2. The van der Waals surface area contributed by atoms with Gasteiger partial charge in [-0.05, 0) is 36.1 Å². The maximum Gasteiger partial charge on any atom is 0.471 e. The number of hydrogen-bond acceptors (Lipinski definition) is 7. The lowest BCUT2D eigenvalue weighted by Gasteiger charge is -2.41. The first-order valence-electron chi connectivity index (χ1n) is 13.1. The van der Waals surface area contributed by atoms with Crippen molar-refractivity contribution < 1.29 is 42.4 Å². The van der Waals surface area contributed by atoms with Crippen LogP contribution in [0.25, 0.3) is 0 Å². The second-order valence-corrected chi connectivity index (χ2v) is 11.0. The number of nitrogens with zero attached hydrogens (tertiary/aromatic N) is 1. The number of anilines is 1. The monoisotopic (exact) mass is 582 g/mol. The average Bonchev–Trinajstić information content (AvgIpc) is 3.44. The number of rotatable bonds is 9. The molecular weight excluding hydrogens is 549 g/mol. The molecule has 40 heavy (non-hydrogen) atoms. The Kier molecular flexibility index (Phi) is 10.1. The minimum absolute atomic E-state index is 0.00486. The number of carbonyl (C=O) groups is 2. The molecule has 5 unspecified atom stereocenters. The number of alkyl halides is 3. The normalized spacial score (nSPS) is 25.1. The summed E-state index contributed by atoms with van der Waals surface area (Å²) in [5, 5.41) is 21.2. The fourth-order valence-corrected chi connectivity index (χ4v) is 5.88. The Morgan fingerprint density at radius 3 is 2.35 bits per heavy atom.